The van der Waals surface area contributed by atoms with Gasteiger partial charge in [-0.2, -0.15) is 0 Å². The van der Waals surface area contributed by atoms with Gasteiger partial charge in [0.15, 0.2) is 11.6 Å². The van der Waals surface area contributed by atoms with Crippen molar-refractivity contribution in [1.82, 2.24) is 0 Å². The van der Waals surface area contributed by atoms with Crippen LogP contribution < -0.4 is 0 Å². The van der Waals surface area contributed by atoms with Crippen molar-refractivity contribution in [1.29, 1.82) is 0 Å². The van der Waals surface area contributed by atoms with E-state index in [-0.39, 0.29) is 5.38 Å². The van der Waals surface area contributed by atoms with Gasteiger partial charge in [0, 0.05) is 0 Å². The standard InChI is InChI=1S/C12H8BrClF2S/c13-12-5-8(6-17-12)9(14)3-7-1-2-10(15)11(16)4-7/h1-2,4-6,9H,3H2. The van der Waals surface area contributed by atoms with Crippen LogP contribution in [0.4, 0.5) is 8.78 Å². The Hall–Kier alpha value is -0.450. The number of rotatable bonds is 3. The predicted molar refractivity (Wildman–Crippen MR) is 70.7 cm³/mol. The van der Waals surface area contributed by atoms with Gasteiger partial charge in [0.2, 0.25) is 0 Å². The highest BCUT2D eigenvalue weighted by Gasteiger charge is 2.12. The highest BCUT2D eigenvalue weighted by Crippen LogP contribution is 2.31. The molecule has 0 aliphatic rings. The largest absolute Gasteiger partial charge is 0.204 e. The van der Waals surface area contributed by atoms with Gasteiger partial charge < -0.3 is 0 Å². The number of hydrogen-bond acceptors (Lipinski definition) is 1. The van der Waals surface area contributed by atoms with E-state index < -0.39 is 11.6 Å². The molecule has 0 spiro atoms. The van der Waals surface area contributed by atoms with Crippen LogP contribution in [0.2, 0.25) is 0 Å². The molecular formula is C12H8BrClF2S. The Kier molecular flexibility index (Phi) is 4.17. The van der Waals surface area contributed by atoms with Crippen molar-refractivity contribution in [2.45, 2.75) is 11.8 Å². The van der Waals surface area contributed by atoms with Gasteiger partial charge in [-0.05, 0) is 57.1 Å². The first kappa shape index (κ1) is 13.0. The third-order valence-corrected chi connectivity index (χ3v) is 4.28. The third kappa shape index (κ3) is 3.27. The number of alkyl halides is 1. The quantitative estimate of drug-likeness (QED) is 0.666. The van der Waals surface area contributed by atoms with Gasteiger partial charge in [-0.3, -0.25) is 0 Å². The fourth-order valence-corrected chi connectivity index (χ4v) is 3.09. The highest BCUT2D eigenvalue weighted by molar-refractivity contribution is 9.11. The fourth-order valence-electron chi connectivity index (χ4n) is 1.48. The summed E-state index contributed by atoms with van der Waals surface area (Å²) in [5, 5.41) is 1.71. The minimum absolute atomic E-state index is 0.234. The summed E-state index contributed by atoms with van der Waals surface area (Å²) in [6, 6.07) is 5.79. The molecule has 1 aromatic heterocycles. The van der Waals surface area contributed by atoms with Crippen molar-refractivity contribution in [3.63, 3.8) is 0 Å². The molecule has 90 valence electrons. The molecule has 0 radical (unpaired) electrons. The summed E-state index contributed by atoms with van der Waals surface area (Å²) in [6.45, 7) is 0. The lowest BCUT2D eigenvalue weighted by Gasteiger charge is -2.07. The molecular weight excluding hydrogens is 330 g/mol. The lowest BCUT2D eigenvalue weighted by molar-refractivity contribution is 0.507. The van der Waals surface area contributed by atoms with E-state index in [1.807, 2.05) is 11.4 Å². The summed E-state index contributed by atoms with van der Waals surface area (Å²) >= 11 is 11.1. The first-order valence-electron chi connectivity index (χ1n) is 4.88. The van der Waals surface area contributed by atoms with Crippen molar-refractivity contribution in [3.8, 4) is 0 Å². The Bertz CT molecular complexity index is 527. The molecule has 1 aromatic carbocycles. The average molecular weight is 338 g/mol. The number of halogens is 4. The molecule has 1 atom stereocenters. The number of benzene rings is 1. The second-order valence-corrected chi connectivity index (χ2v) is 6.42. The normalized spacial score (nSPS) is 12.7. The summed E-state index contributed by atoms with van der Waals surface area (Å²) < 4.78 is 26.8. The molecule has 17 heavy (non-hydrogen) atoms. The zero-order valence-corrected chi connectivity index (χ0v) is 11.7. The van der Waals surface area contributed by atoms with Crippen LogP contribution in [0, 0.1) is 11.6 Å². The summed E-state index contributed by atoms with van der Waals surface area (Å²) in [7, 11) is 0. The molecule has 2 rings (SSSR count). The topological polar surface area (TPSA) is 0 Å². The van der Waals surface area contributed by atoms with E-state index in [1.165, 1.54) is 6.07 Å². The molecule has 0 saturated heterocycles. The lowest BCUT2D eigenvalue weighted by Crippen LogP contribution is -1.96. The maximum atomic E-state index is 13.0. The molecule has 1 unspecified atom stereocenters. The van der Waals surface area contributed by atoms with Gasteiger partial charge in [0.25, 0.3) is 0 Å². The molecule has 0 aliphatic carbocycles. The molecule has 5 heteroatoms. The van der Waals surface area contributed by atoms with E-state index in [4.69, 9.17) is 11.6 Å². The summed E-state index contributed by atoms with van der Waals surface area (Å²) in [5.74, 6) is -1.67. The van der Waals surface area contributed by atoms with Gasteiger partial charge >= 0.3 is 0 Å². The Balaban J connectivity index is 2.12. The zero-order chi connectivity index (χ0) is 12.4. The smallest absolute Gasteiger partial charge is 0.159 e. The molecule has 0 nitrogen and oxygen atoms in total. The predicted octanol–water partition coefficient (Wildman–Crippen LogP) is 5.31. The molecule has 1 heterocycles. The lowest BCUT2D eigenvalue weighted by atomic mass is 10.1. The monoisotopic (exact) mass is 336 g/mol. The van der Waals surface area contributed by atoms with E-state index in [1.54, 1.807) is 17.4 Å². The van der Waals surface area contributed by atoms with Crippen LogP contribution in [0.15, 0.2) is 33.4 Å². The van der Waals surface area contributed by atoms with Crippen molar-refractivity contribution in [2.24, 2.45) is 0 Å². The average Bonchev–Trinajstić information content (AvgIpc) is 2.70. The molecule has 0 amide bonds. The Morgan fingerprint density at radius 3 is 2.59 bits per heavy atom. The van der Waals surface area contributed by atoms with Crippen molar-refractivity contribution in [2.75, 3.05) is 0 Å². The maximum Gasteiger partial charge on any atom is 0.159 e. The van der Waals surface area contributed by atoms with Crippen molar-refractivity contribution >= 4 is 38.9 Å². The highest BCUT2D eigenvalue weighted by atomic mass is 79.9. The molecule has 0 aliphatic heterocycles. The van der Waals surface area contributed by atoms with Crippen molar-refractivity contribution < 1.29 is 8.78 Å². The van der Waals surface area contributed by atoms with E-state index in [0.29, 0.717) is 12.0 Å². The third-order valence-electron chi connectivity index (χ3n) is 2.35. The van der Waals surface area contributed by atoms with Crippen LogP contribution in [-0.2, 0) is 6.42 Å². The zero-order valence-electron chi connectivity index (χ0n) is 8.59. The van der Waals surface area contributed by atoms with Crippen LogP contribution in [0.1, 0.15) is 16.5 Å². The first-order valence-corrected chi connectivity index (χ1v) is 6.99. The van der Waals surface area contributed by atoms with E-state index in [9.17, 15) is 8.78 Å². The van der Waals surface area contributed by atoms with Crippen LogP contribution in [-0.4, -0.2) is 0 Å². The first-order chi connectivity index (χ1) is 8.06. The fraction of sp³-hybridized carbons (Fsp3) is 0.167. The molecule has 0 N–H and O–H groups in total. The van der Waals surface area contributed by atoms with Crippen molar-refractivity contribution in [3.05, 3.63) is 56.2 Å². The molecule has 0 fully saturated rings. The minimum atomic E-state index is -0.835. The van der Waals surface area contributed by atoms with Gasteiger partial charge in [-0.1, -0.05) is 6.07 Å². The van der Waals surface area contributed by atoms with Crippen LogP contribution >= 0.6 is 38.9 Å². The minimum Gasteiger partial charge on any atom is -0.204 e. The number of thiophene rings is 1. The van der Waals surface area contributed by atoms with E-state index >= 15 is 0 Å². The molecule has 2 aromatic rings. The summed E-state index contributed by atoms with van der Waals surface area (Å²) in [4.78, 5) is 0. The Labute approximate surface area is 115 Å². The van der Waals surface area contributed by atoms with Gasteiger partial charge in [-0.25, -0.2) is 8.78 Å². The van der Waals surface area contributed by atoms with Gasteiger partial charge in [0.05, 0.1) is 9.16 Å². The van der Waals surface area contributed by atoms with E-state index in [0.717, 1.165) is 15.4 Å². The van der Waals surface area contributed by atoms with Crippen LogP contribution in [0.25, 0.3) is 0 Å². The van der Waals surface area contributed by atoms with E-state index in [2.05, 4.69) is 15.9 Å². The summed E-state index contributed by atoms with van der Waals surface area (Å²) in [5.41, 5.74) is 1.67. The SMILES string of the molecule is Fc1ccc(CC(Cl)c2csc(Br)c2)cc1F. The second-order valence-electron chi connectivity index (χ2n) is 3.60. The Morgan fingerprint density at radius 1 is 1.24 bits per heavy atom. The maximum absolute atomic E-state index is 13.0. The van der Waals surface area contributed by atoms with Crippen LogP contribution in [0.3, 0.4) is 0 Å². The summed E-state index contributed by atoms with van der Waals surface area (Å²) in [6.07, 6.45) is 0.474. The van der Waals surface area contributed by atoms with Gasteiger partial charge in [0.1, 0.15) is 0 Å². The molecule has 0 bridgehead atoms. The Morgan fingerprint density at radius 2 is 2.00 bits per heavy atom. The second kappa shape index (κ2) is 5.46. The number of hydrogen-bond donors (Lipinski definition) is 0. The molecule has 0 saturated carbocycles. The van der Waals surface area contributed by atoms with Gasteiger partial charge in [-0.15, -0.1) is 22.9 Å². The van der Waals surface area contributed by atoms with Crippen LogP contribution in [0.5, 0.6) is 0 Å².